The van der Waals surface area contributed by atoms with Crippen molar-refractivity contribution in [2.24, 2.45) is 5.92 Å². The number of imidazole rings is 1. The van der Waals surface area contributed by atoms with Crippen LogP contribution in [0.5, 0.6) is 0 Å². The number of nitrogens with one attached hydrogen (secondary N) is 2. The topological polar surface area (TPSA) is 61.0 Å². The Kier molecular flexibility index (Phi) is 4.98. The fourth-order valence-corrected chi connectivity index (χ4v) is 3.08. The van der Waals surface area contributed by atoms with E-state index in [0.717, 1.165) is 37.3 Å². The molecule has 0 radical (unpaired) electrons. The fraction of sp³-hybridized carbons (Fsp3) is 0.412. The van der Waals surface area contributed by atoms with Crippen molar-refractivity contribution in [2.45, 2.75) is 19.9 Å². The molecule has 0 saturated carbocycles. The average Bonchev–Trinajstić information content (AvgIpc) is 3.20. The van der Waals surface area contributed by atoms with Gasteiger partial charge in [0.2, 0.25) is 0 Å². The highest BCUT2D eigenvalue weighted by Crippen LogP contribution is 2.18. The number of hydrogen-bond donors (Lipinski definition) is 2. The summed E-state index contributed by atoms with van der Waals surface area (Å²) in [5, 5.41) is 3.72. The van der Waals surface area contributed by atoms with Gasteiger partial charge in [-0.3, -0.25) is 9.69 Å². The second kappa shape index (κ2) is 7.15. The summed E-state index contributed by atoms with van der Waals surface area (Å²) in [6.07, 6.45) is 4.67. The van der Waals surface area contributed by atoms with Gasteiger partial charge in [-0.25, -0.2) is 4.98 Å². The molecule has 2 heterocycles. The highest BCUT2D eigenvalue weighted by molar-refractivity contribution is 6.31. The van der Waals surface area contributed by atoms with Crippen molar-refractivity contribution < 1.29 is 4.79 Å². The van der Waals surface area contributed by atoms with Crippen LogP contribution in [0, 0.1) is 12.8 Å². The second-order valence-electron chi connectivity index (χ2n) is 6.14. The summed E-state index contributed by atoms with van der Waals surface area (Å²) in [6, 6.07) is 5.37. The Morgan fingerprint density at radius 2 is 2.39 bits per heavy atom. The number of aromatic amines is 1. The summed E-state index contributed by atoms with van der Waals surface area (Å²) >= 11 is 6.00. The lowest BCUT2D eigenvalue weighted by molar-refractivity contribution is 0.0947. The van der Waals surface area contributed by atoms with Crippen LogP contribution in [0.15, 0.2) is 30.7 Å². The minimum absolute atomic E-state index is 0.0308. The number of aromatic nitrogens is 2. The molecule has 6 heteroatoms. The summed E-state index contributed by atoms with van der Waals surface area (Å²) in [4.78, 5) is 21.8. The molecule has 1 aliphatic rings. The van der Waals surface area contributed by atoms with Gasteiger partial charge >= 0.3 is 0 Å². The Morgan fingerprint density at radius 3 is 3.13 bits per heavy atom. The number of aryl methyl sites for hydroxylation is 1. The molecule has 23 heavy (non-hydrogen) atoms. The van der Waals surface area contributed by atoms with E-state index in [4.69, 9.17) is 11.6 Å². The number of carbonyl (C=O) groups excluding carboxylic acids is 1. The number of nitrogens with zero attached hydrogens (tertiary/aromatic N) is 2. The first-order valence-electron chi connectivity index (χ1n) is 7.86. The SMILES string of the molecule is Cc1cc(C(=O)NC[C@@H]2CCN(Cc3cnc[nH]3)C2)ccc1Cl. The van der Waals surface area contributed by atoms with E-state index >= 15 is 0 Å². The Balaban J connectivity index is 1.47. The third-order valence-electron chi connectivity index (χ3n) is 4.29. The Bertz CT molecular complexity index is 671. The Hall–Kier alpha value is -1.85. The lowest BCUT2D eigenvalue weighted by Gasteiger charge is -2.15. The number of likely N-dealkylation sites (tertiary alicyclic amines) is 1. The van der Waals surface area contributed by atoms with Gasteiger partial charge in [-0.2, -0.15) is 0 Å². The molecule has 0 unspecified atom stereocenters. The van der Waals surface area contributed by atoms with Crippen LogP contribution >= 0.6 is 11.6 Å². The number of amides is 1. The van der Waals surface area contributed by atoms with Crippen LogP contribution in [0.2, 0.25) is 5.02 Å². The zero-order valence-electron chi connectivity index (χ0n) is 13.2. The van der Waals surface area contributed by atoms with E-state index < -0.39 is 0 Å². The van der Waals surface area contributed by atoms with Crippen molar-refractivity contribution in [3.63, 3.8) is 0 Å². The van der Waals surface area contributed by atoms with Crippen LogP contribution in [-0.4, -0.2) is 40.4 Å². The summed E-state index contributed by atoms with van der Waals surface area (Å²) < 4.78 is 0. The first kappa shape index (κ1) is 16.0. The standard InChI is InChI=1S/C17H21ClN4O/c1-12-6-14(2-3-16(12)18)17(23)20-7-13-4-5-22(9-13)10-15-8-19-11-21-15/h2-3,6,8,11,13H,4-5,7,9-10H2,1H3,(H,19,21)(H,20,23)/t13-/m0/s1. The summed E-state index contributed by atoms with van der Waals surface area (Å²) in [7, 11) is 0. The highest BCUT2D eigenvalue weighted by Gasteiger charge is 2.23. The fourth-order valence-electron chi connectivity index (χ4n) is 2.96. The molecule has 1 amide bonds. The van der Waals surface area contributed by atoms with Gasteiger partial charge < -0.3 is 10.3 Å². The van der Waals surface area contributed by atoms with Crippen molar-refractivity contribution in [3.05, 3.63) is 52.6 Å². The second-order valence-corrected chi connectivity index (χ2v) is 6.55. The predicted octanol–water partition coefficient (Wildman–Crippen LogP) is 2.62. The van der Waals surface area contributed by atoms with Crippen LogP contribution in [0.3, 0.4) is 0 Å². The van der Waals surface area contributed by atoms with E-state index in [-0.39, 0.29) is 5.91 Å². The molecule has 1 fully saturated rings. The smallest absolute Gasteiger partial charge is 0.251 e. The average molecular weight is 333 g/mol. The molecule has 2 N–H and O–H groups in total. The van der Waals surface area contributed by atoms with Crippen molar-refractivity contribution in [1.29, 1.82) is 0 Å². The molecular weight excluding hydrogens is 312 g/mol. The lowest BCUT2D eigenvalue weighted by atomic mass is 10.1. The summed E-state index contributed by atoms with van der Waals surface area (Å²) in [6.45, 7) is 5.56. The maximum absolute atomic E-state index is 12.2. The van der Waals surface area contributed by atoms with Crippen molar-refractivity contribution >= 4 is 17.5 Å². The van der Waals surface area contributed by atoms with Gasteiger partial charge in [0.25, 0.3) is 5.91 Å². The first-order chi connectivity index (χ1) is 11.1. The molecule has 0 aliphatic carbocycles. The molecule has 2 aromatic rings. The van der Waals surface area contributed by atoms with Gasteiger partial charge in [-0.1, -0.05) is 11.6 Å². The minimum atomic E-state index is -0.0308. The molecule has 1 atom stereocenters. The van der Waals surface area contributed by atoms with Crippen LogP contribution < -0.4 is 5.32 Å². The summed E-state index contributed by atoms with van der Waals surface area (Å²) in [5.74, 6) is 0.465. The Morgan fingerprint density at radius 1 is 1.52 bits per heavy atom. The van der Waals surface area contributed by atoms with Gasteiger partial charge in [-0.05, 0) is 49.6 Å². The molecule has 0 bridgehead atoms. The number of halogens is 1. The molecule has 0 spiro atoms. The lowest BCUT2D eigenvalue weighted by Crippen LogP contribution is -2.31. The van der Waals surface area contributed by atoms with Crippen LogP contribution in [0.4, 0.5) is 0 Å². The third-order valence-corrected chi connectivity index (χ3v) is 4.71. The largest absolute Gasteiger partial charge is 0.352 e. The van der Waals surface area contributed by atoms with Crippen molar-refractivity contribution in [2.75, 3.05) is 19.6 Å². The predicted molar refractivity (Wildman–Crippen MR) is 90.5 cm³/mol. The highest BCUT2D eigenvalue weighted by atomic mass is 35.5. The maximum atomic E-state index is 12.2. The zero-order chi connectivity index (χ0) is 16.2. The van der Waals surface area contributed by atoms with E-state index in [1.807, 2.05) is 19.2 Å². The number of benzene rings is 1. The van der Waals surface area contributed by atoms with Gasteiger partial charge in [0.05, 0.1) is 6.33 Å². The molecular formula is C17H21ClN4O. The van der Waals surface area contributed by atoms with Crippen molar-refractivity contribution in [1.82, 2.24) is 20.2 Å². The summed E-state index contributed by atoms with van der Waals surface area (Å²) in [5.41, 5.74) is 2.72. The van der Waals surface area contributed by atoms with Gasteiger partial charge in [0.1, 0.15) is 0 Å². The van der Waals surface area contributed by atoms with E-state index in [9.17, 15) is 4.79 Å². The van der Waals surface area contributed by atoms with Crippen molar-refractivity contribution in [3.8, 4) is 0 Å². The van der Waals surface area contributed by atoms with E-state index in [1.165, 1.54) is 0 Å². The molecule has 1 aromatic heterocycles. The van der Waals surface area contributed by atoms with E-state index in [0.29, 0.717) is 23.0 Å². The molecule has 122 valence electrons. The number of rotatable bonds is 5. The molecule has 3 rings (SSSR count). The molecule has 5 nitrogen and oxygen atoms in total. The van der Waals surface area contributed by atoms with Crippen LogP contribution in [0.1, 0.15) is 28.0 Å². The first-order valence-corrected chi connectivity index (χ1v) is 8.23. The van der Waals surface area contributed by atoms with Gasteiger partial charge in [-0.15, -0.1) is 0 Å². The molecule has 1 aromatic carbocycles. The molecule has 1 aliphatic heterocycles. The quantitative estimate of drug-likeness (QED) is 0.884. The third kappa shape index (κ3) is 4.12. The van der Waals surface area contributed by atoms with Crippen LogP contribution in [-0.2, 0) is 6.54 Å². The van der Waals surface area contributed by atoms with E-state index in [2.05, 4.69) is 20.2 Å². The zero-order valence-corrected chi connectivity index (χ0v) is 13.9. The normalized spacial score (nSPS) is 18.3. The Labute approximate surface area is 141 Å². The van der Waals surface area contributed by atoms with Gasteiger partial charge in [0, 0.05) is 42.1 Å². The van der Waals surface area contributed by atoms with Gasteiger partial charge in [0.15, 0.2) is 0 Å². The van der Waals surface area contributed by atoms with Crippen LogP contribution in [0.25, 0.3) is 0 Å². The molecule has 1 saturated heterocycles. The monoisotopic (exact) mass is 332 g/mol. The van der Waals surface area contributed by atoms with E-state index in [1.54, 1.807) is 18.5 Å². The number of hydrogen-bond acceptors (Lipinski definition) is 3. The number of H-pyrrole nitrogens is 1. The maximum Gasteiger partial charge on any atom is 0.251 e. The number of carbonyl (C=O) groups is 1. The minimum Gasteiger partial charge on any atom is -0.352 e.